The molecular formula is C16H17Cl2NO2. The molecule has 0 fully saturated rings. The Hall–Kier alpha value is -1.58. The van der Waals surface area contributed by atoms with E-state index < -0.39 is 0 Å². The maximum Gasteiger partial charge on any atom is 0.139 e. The van der Waals surface area contributed by atoms with Crippen molar-refractivity contribution in [1.82, 2.24) is 0 Å². The minimum absolute atomic E-state index is 0.567. The minimum Gasteiger partial charge on any atom is -0.494 e. The standard InChI is InChI=1S/C16H17Cl2NO2/c17-12-3-8-15(18)16(11-12)21-10-2-1-9-20-14-6-4-13(19)5-7-14/h3-8,11H,1-2,9-10,19H2. The zero-order valence-corrected chi connectivity index (χ0v) is 13.0. The molecule has 0 amide bonds. The zero-order valence-electron chi connectivity index (χ0n) is 11.5. The van der Waals surface area contributed by atoms with Gasteiger partial charge in [-0.3, -0.25) is 0 Å². The van der Waals surface area contributed by atoms with Crippen molar-refractivity contribution in [1.29, 1.82) is 0 Å². The summed E-state index contributed by atoms with van der Waals surface area (Å²) in [5.74, 6) is 1.44. The van der Waals surface area contributed by atoms with E-state index in [0.717, 1.165) is 24.3 Å². The predicted molar refractivity (Wildman–Crippen MR) is 87.5 cm³/mol. The second-order valence-electron chi connectivity index (χ2n) is 4.55. The van der Waals surface area contributed by atoms with E-state index in [0.29, 0.717) is 29.0 Å². The van der Waals surface area contributed by atoms with Crippen molar-refractivity contribution in [2.45, 2.75) is 12.8 Å². The molecule has 5 heteroatoms. The Morgan fingerprint density at radius 1 is 0.857 bits per heavy atom. The summed E-state index contributed by atoms with van der Waals surface area (Å²) in [6, 6.07) is 12.5. The fourth-order valence-corrected chi connectivity index (χ4v) is 2.06. The summed E-state index contributed by atoms with van der Waals surface area (Å²) in [6.07, 6.45) is 1.76. The molecule has 0 aliphatic carbocycles. The van der Waals surface area contributed by atoms with Crippen LogP contribution in [0.25, 0.3) is 0 Å². The summed E-state index contributed by atoms with van der Waals surface area (Å²) >= 11 is 11.9. The lowest BCUT2D eigenvalue weighted by molar-refractivity contribution is 0.266. The molecule has 2 aromatic rings. The third kappa shape index (κ3) is 5.37. The van der Waals surface area contributed by atoms with E-state index in [1.54, 1.807) is 18.2 Å². The Bertz CT molecular complexity index is 573. The molecule has 0 spiro atoms. The average molecular weight is 326 g/mol. The van der Waals surface area contributed by atoms with Gasteiger partial charge in [-0.05, 0) is 49.2 Å². The van der Waals surface area contributed by atoms with E-state index in [4.69, 9.17) is 38.4 Å². The molecule has 0 radical (unpaired) electrons. The monoisotopic (exact) mass is 325 g/mol. The zero-order chi connectivity index (χ0) is 15.1. The van der Waals surface area contributed by atoms with Crippen LogP contribution in [0.15, 0.2) is 42.5 Å². The third-order valence-electron chi connectivity index (χ3n) is 2.84. The molecule has 0 unspecified atom stereocenters. The molecule has 2 aromatic carbocycles. The minimum atomic E-state index is 0.567. The predicted octanol–water partition coefficient (Wildman–Crippen LogP) is 4.81. The Labute approximate surface area is 134 Å². The first-order valence-electron chi connectivity index (χ1n) is 6.71. The molecule has 112 valence electrons. The first kappa shape index (κ1) is 15.8. The SMILES string of the molecule is Nc1ccc(OCCCCOc2cc(Cl)ccc2Cl)cc1. The van der Waals surface area contributed by atoms with Crippen LogP contribution in [-0.4, -0.2) is 13.2 Å². The van der Waals surface area contributed by atoms with Crippen LogP contribution in [0.4, 0.5) is 5.69 Å². The normalized spacial score (nSPS) is 10.4. The molecule has 2 N–H and O–H groups in total. The number of unbranched alkanes of at least 4 members (excludes halogenated alkanes) is 1. The fourth-order valence-electron chi connectivity index (χ4n) is 1.73. The number of benzene rings is 2. The van der Waals surface area contributed by atoms with Gasteiger partial charge >= 0.3 is 0 Å². The Kier molecular flexibility index (Phi) is 6.03. The first-order chi connectivity index (χ1) is 10.1. The highest BCUT2D eigenvalue weighted by Crippen LogP contribution is 2.27. The van der Waals surface area contributed by atoms with Crippen LogP contribution >= 0.6 is 23.2 Å². The maximum atomic E-state index is 6.01. The van der Waals surface area contributed by atoms with Crippen molar-refractivity contribution in [2.75, 3.05) is 18.9 Å². The number of nitrogens with two attached hydrogens (primary N) is 1. The van der Waals surface area contributed by atoms with Crippen LogP contribution in [0.3, 0.4) is 0 Å². The summed E-state index contributed by atoms with van der Waals surface area (Å²) in [6.45, 7) is 1.21. The van der Waals surface area contributed by atoms with Gasteiger partial charge < -0.3 is 15.2 Å². The van der Waals surface area contributed by atoms with E-state index in [2.05, 4.69) is 0 Å². The maximum absolute atomic E-state index is 6.01. The van der Waals surface area contributed by atoms with Gasteiger partial charge in [0.15, 0.2) is 0 Å². The lowest BCUT2D eigenvalue weighted by atomic mass is 10.3. The van der Waals surface area contributed by atoms with Crippen LogP contribution in [0.5, 0.6) is 11.5 Å². The quantitative estimate of drug-likeness (QED) is 0.586. The fraction of sp³-hybridized carbons (Fsp3) is 0.250. The molecular weight excluding hydrogens is 309 g/mol. The molecule has 0 saturated heterocycles. The summed E-state index contributed by atoms with van der Waals surface area (Å²) in [7, 11) is 0. The largest absolute Gasteiger partial charge is 0.494 e. The van der Waals surface area contributed by atoms with Crippen LogP contribution in [0.2, 0.25) is 10.0 Å². The molecule has 3 nitrogen and oxygen atoms in total. The lowest BCUT2D eigenvalue weighted by Gasteiger charge is -2.09. The summed E-state index contributed by atoms with van der Waals surface area (Å²) in [4.78, 5) is 0. The van der Waals surface area contributed by atoms with E-state index in [1.807, 2.05) is 24.3 Å². The van der Waals surface area contributed by atoms with Crippen LogP contribution in [-0.2, 0) is 0 Å². The number of anilines is 1. The van der Waals surface area contributed by atoms with Crippen molar-refractivity contribution in [2.24, 2.45) is 0 Å². The van der Waals surface area contributed by atoms with Gasteiger partial charge in [-0.25, -0.2) is 0 Å². The molecule has 0 saturated carbocycles. The summed E-state index contributed by atoms with van der Waals surface area (Å²) in [5, 5.41) is 1.18. The van der Waals surface area contributed by atoms with Crippen LogP contribution in [0, 0.1) is 0 Å². The molecule has 0 atom stereocenters. The van der Waals surface area contributed by atoms with E-state index in [-0.39, 0.29) is 0 Å². The second kappa shape index (κ2) is 8.01. The van der Waals surface area contributed by atoms with Crippen molar-refractivity contribution < 1.29 is 9.47 Å². The van der Waals surface area contributed by atoms with Gasteiger partial charge in [-0.2, -0.15) is 0 Å². The molecule has 0 aromatic heterocycles. The molecule has 0 aliphatic rings. The third-order valence-corrected chi connectivity index (χ3v) is 3.39. The number of halogens is 2. The molecule has 0 aliphatic heterocycles. The molecule has 0 bridgehead atoms. The number of rotatable bonds is 7. The highest BCUT2D eigenvalue weighted by atomic mass is 35.5. The van der Waals surface area contributed by atoms with Crippen LogP contribution in [0.1, 0.15) is 12.8 Å². The number of hydrogen-bond donors (Lipinski definition) is 1. The van der Waals surface area contributed by atoms with Crippen molar-refractivity contribution in [3.63, 3.8) is 0 Å². The first-order valence-corrected chi connectivity index (χ1v) is 7.47. The lowest BCUT2D eigenvalue weighted by Crippen LogP contribution is -2.03. The second-order valence-corrected chi connectivity index (χ2v) is 5.39. The van der Waals surface area contributed by atoms with Crippen molar-refractivity contribution >= 4 is 28.9 Å². The highest BCUT2D eigenvalue weighted by Gasteiger charge is 2.02. The Balaban J connectivity index is 1.64. The van der Waals surface area contributed by atoms with Gasteiger partial charge in [0.05, 0.1) is 18.2 Å². The number of hydrogen-bond acceptors (Lipinski definition) is 3. The van der Waals surface area contributed by atoms with Gasteiger partial charge in [0.2, 0.25) is 0 Å². The van der Waals surface area contributed by atoms with Crippen molar-refractivity contribution in [3.8, 4) is 11.5 Å². The van der Waals surface area contributed by atoms with Gasteiger partial charge in [0, 0.05) is 16.8 Å². The Morgan fingerprint density at radius 3 is 2.24 bits per heavy atom. The van der Waals surface area contributed by atoms with Crippen molar-refractivity contribution in [3.05, 3.63) is 52.5 Å². The number of nitrogen functional groups attached to an aromatic ring is 1. The van der Waals surface area contributed by atoms with Gasteiger partial charge in [-0.1, -0.05) is 23.2 Å². The van der Waals surface area contributed by atoms with Crippen LogP contribution < -0.4 is 15.2 Å². The topological polar surface area (TPSA) is 44.5 Å². The molecule has 0 heterocycles. The average Bonchev–Trinajstić information content (AvgIpc) is 2.48. The van der Waals surface area contributed by atoms with Gasteiger partial charge in [-0.15, -0.1) is 0 Å². The van der Waals surface area contributed by atoms with E-state index in [9.17, 15) is 0 Å². The number of ether oxygens (including phenoxy) is 2. The Morgan fingerprint density at radius 2 is 1.52 bits per heavy atom. The van der Waals surface area contributed by atoms with E-state index in [1.165, 1.54) is 0 Å². The smallest absolute Gasteiger partial charge is 0.139 e. The molecule has 2 rings (SSSR count). The van der Waals surface area contributed by atoms with E-state index >= 15 is 0 Å². The molecule has 21 heavy (non-hydrogen) atoms. The highest BCUT2D eigenvalue weighted by molar-refractivity contribution is 6.34. The van der Waals surface area contributed by atoms with Gasteiger partial charge in [0.1, 0.15) is 11.5 Å². The summed E-state index contributed by atoms with van der Waals surface area (Å²) < 4.78 is 11.2. The summed E-state index contributed by atoms with van der Waals surface area (Å²) in [5.41, 5.74) is 6.34. The van der Waals surface area contributed by atoms with Gasteiger partial charge in [0.25, 0.3) is 0 Å².